The first-order chi connectivity index (χ1) is 11.1. The van der Waals surface area contributed by atoms with Crippen LogP contribution in [0.25, 0.3) is 0 Å². The van der Waals surface area contributed by atoms with Crippen LogP contribution in [0, 0.1) is 0 Å². The Balaban J connectivity index is 0.00000529. The summed E-state index contributed by atoms with van der Waals surface area (Å²) < 4.78 is 0. The van der Waals surface area contributed by atoms with Crippen molar-refractivity contribution >= 4 is 35.8 Å². The van der Waals surface area contributed by atoms with E-state index in [9.17, 15) is 4.79 Å². The van der Waals surface area contributed by atoms with Gasteiger partial charge in [-0.05, 0) is 26.3 Å². The Morgan fingerprint density at radius 3 is 2.29 bits per heavy atom. The van der Waals surface area contributed by atoms with Crippen LogP contribution in [0.15, 0.2) is 35.3 Å². The minimum atomic E-state index is 0. The number of rotatable bonds is 8. The highest BCUT2D eigenvalue weighted by atomic mass is 127. The molecule has 0 fully saturated rings. The monoisotopic (exact) mass is 446 g/mol. The molecule has 24 heavy (non-hydrogen) atoms. The Morgan fingerprint density at radius 1 is 1.12 bits per heavy atom. The first kappa shape index (κ1) is 22.7. The maximum absolute atomic E-state index is 12.0. The standard InChI is InChI=1S/C18H30N4O.HI/c1-5-19-18(20-14-13-17(23)22(6-2)7-3)21(4)15-16-11-9-8-10-12-16;/h8-12H,5-7,13-15H2,1-4H3,(H,19,20);1H. The molecule has 0 saturated carbocycles. The largest absolute Gasteiger partial charge is 0.357 e. The molecular weight excluding hydrogens is 415 g/mol. The zero-order valence-corrected chi connectivity index (χ0v) is 17.6. The first-order valence-electron chi connectivity index (χ1n) is 8.43. The predicted octanol–water partition coefficient (Wildman–Crippen LogP) is 2.96. The van der Waals surface area contributed by atoms with E-state index in [-0.39, 0.29) is 29.9 Å². The molecular formula is C18H31IN4O. The van der Waals surface area contributed by atoms with Crippen LogP contribution >= 0.6 is 24.0 Å². The highest BCUT2D eigenvalue weighted by molar-refractivity contribution is 14.0. The van der Waals surface area contributed by atoms with Gasteiger partial charge in [-0.15, -0.1) is 24.0 Å². The summed E-state index contributed by atoms with van der Waals surface area (Å²) in [6.07, 6.45) is 0.454. The molecule has 0 spiro atoms. The topological polar surface area (TPSA) is 47.9 Å². The van der Waals surface area contributed by atoms with E-state index in [4.69, 9.17) is 0 Å². The quantitative estimate of drug-likeness (QED) is 0.380. The van der Waals surface area contributed by atoms with Crippen molar-refractivity contribution in [2.45, 2.75) is 33.7 Å². The van der Waals surface area contributed by atoms with Crippen LogP contribution in [0.1, 0.15) is 32.8 Å². The van der Waals surface area contributed by atoms with Crippen molar-refractivity contribution in [3.05, 3.63) is 35.9 Å². The number of amides is 1. The van der Waals surface area contributed by atoms with E-state index in [1.807, 2.05) is 50.9 Å². The summed E-state index contributed by atoms with van der Waals surface area (Å²) >= 11 is 0. The molecule has 1 rings (SSSR count). The highest BCUT2D eigenvalue weighted by Gasteiger charge is 2.10. The molecule has 136 valence electrons. The van der Waals surface area contributed by atoms with Crippen LogP contribution < -0.4 is 5.32 Å². The lowest BCUT2D eigenvalue weighted by Gasteiger charge is -2.22. The average Bonchev–Trinajstić information content (AvgIpc) is 2.56. The lowest BCUT2D eigenvalue weighted by molar-refractivity contribution is -0.130. The average molecular weight is 446 g/mol. The van der Waals surface area contributed by atoms with Gasteiger partial charge in [0.25, 0.3) is 0 Å². The molecule has 0 aliphatic carbocycles. The summed E-state index contributed by atoms with van der Waals surface area (Å²) in [5.41, 5.74) is 1.24. The third-order valence-electron chi connectivity index (χ3n) is 3.66. The second-order valence-electron chi connectivity index (χ2n) is 5.39. The van der Waals surface area contributed by atoms with Crippen molar-refractivity contribution in [3.8, 4) is 0 Å². The van der Waals surface area contributed by atoms with Crippen molar-refractivity contribution in [1.82, 2.24) is 15.1 Å². The van der Waals surface area contributed by atoms with E-state index < -0.39 is 0 Å². The van der Waals surface area contributed by atoms with Gasteiger partial charge >= 0.3 is 0 Å². The van der Waals surface area contributed by atoms with E-state index in [2.05, 4.69) is 27.3 Å². The molecule has 0 bridgehead atoms. The van der Waals surface area contributed by atoms with Crippen LogP contribution in [0.2, 0.25) is 0 Å². The number of hydrogen-bond acceptors (Lipinski definition) is 2. The summed E-state index contributed by atoms with van der Waals surface area (Å²) in [4.78, 5) is 20.5. The molecule has 0 atom stereocenters. The molecule has 1 amide bonds. The molecule has 0 heterocycles. The predicted molar refractivity (Wildman–Crippen MR) is 112 cm³/mol. The third-order valence-corrected chi connectivity index (χ3v) is 3.66. The lowest BCUT2D eigenvalue weighted by atomic mass is 10.2. The van der Waals surface area contributed by atoms with Gasteiger partial charge in [-0.25, -0.2) is 0 Å². The van der Waals surface area contributed by atoms with E-state index in [0.29, 0.717) is 13.0 Å². The Hall–Kier alpha value is -1.31. The van der Waals surface area contributed by atoms with Gasteiger partial charge in [-0.3, -0.25) is 9.79 Å². The maximum atomic E-state index is 12.0. The number of carbonyl (C=O) groups is 1. The van der Waals surface area contributed by atoms with Crippen LogP contribution in [-0.4, -0.2) is 54.9 Å². The number of nitrogens with zero attached hydrogens (tertiary/aromatic N) is 3. The summed E-state index contributed by atoms with van der Waals surface area (Å²) in [5.74, 6) is 1.00. The number of guanidine groups is 1. The van der Waals surface area contributed by atoms with Gasteiger partial charge in [-0.2, -0.15) is 0 Å². The number of benzene rings is 1. The van der Waals surface area contributed by atoms with Gasteiger partial charge in [0.15, 0.2) is 5.96 Å². The summed E-state index contributed by atoms with van der Waals surface area (Å²) in [5, 5.41) is 3.28. The van der Waals surface area contributed by atoms with Crippen molar-refractivity contribution in [1.29, 1.82) is 0 Å². The van der Waals surface area contributed by atoms with Gasteiger partial charge < -0.3 is 15.1 Å². The van der Waals surface area contributed by atoms with Crippen molar-refractivity contribution in [3.63, 3.8) is 0 Å². The number of aliphatic imine (C=N–C) groups is 1. The molecule has 0 aromatic heterocycles. The molecule has 5 nitrogen and oxygen atoms in total. The van der Waals surface area contributed by atoms with Crippen molar-refractivity contribution in [2.24, 2.45) is 4.99 Å². The molecule has 1 N–H and O–H groups in total. The fraction of sp³-hybridized carbons (Fsp3) is 0.556. The van der Waals surface area contributed by atoms with Gasteiger partial charge in [0.05, 0.1) is 6.54 Å². The van der Waals surface area contributed by atoms with Crippen LogP contribution in [0.5, 0.6) is 0 Å². The third kappa shape index (κ3) is 7.99. The maximum Gasteiger partial charge on any atom is 0.224 e. The van der Waals surface area contributed by atoms with Crippen molar-refractivity contribution in [2.75, 3.05) is 33.2 Å². The fourth-order valence-corrected chi connectivity index (χ4v) is 2.39. The zero-order valence-electron chi connectivity index (χ0n) is 15.3. The van der Waals surface area contributed by atoms with Gasteiger partial charge in [0.1, 0.15) is 0 Å². The van der Waals surface area contributed by atoms with Gasteiger partial charge in [0, 0.05) is 39.6 Å². The van der Waals surface area contributed by atoms with Crippen LogP contribution in [0.4, 0.5) is 0 Å². The Morgan fingerprint density at radius 2 is 1.75 bits per heavy atom. The normalized spacial score (nSPS) is 10.8. The molecule has 0 aliphatic heterocycles. The summed E-state index contributed by atoms with van der Waals surface area (Å²) in [6.45, 7) is 9.67. The molecule has 1 aromatic rings. The van der Waals surface area contributed by atoms with Gasteiger partial charge in [-0.1, -0.05) is 30.3 Å². The first-order valence-corrected chi connectivity index (χ1v) is 8.43. The highest BCUT2D eigenvalue weighted by Crippen LogP contribution is 2.03. The van der Waals surface area contributed by atoms with E-state index in [1.165, 1.54) is 5.56 Å². The lowest BCUT2D eigenvalue weighted by Crippen LogP contribution is -2.39. The Bertz CT molecular complexity index is 489. The molecule has 0 radical (unpaired) electrons. The minimum Gasteiger partial charge on any atom is -0.357 e. The summed E-state index contributed by atoms with van der Waals surface area (Å²) in [6, 6.07) is 10.3. The number of nitrogens with one attached hydrogen (secondary N) is 1. The van der Waals surface area contributed by atoms with Gasteiger partial charge in [0.2, 0.25) is 5.91 Å². The van der Waals surface area contributed by atoms with E-state index >= 15 is 0 Å². The van der Waals surface area contributed by atoms with E-state index in [0.717, 1.165) is 32.1 Å². The molecule has 0 unspecified atom stereocenters. The molecule has 0 saturated heterocycles. The SMILES string of the molecule is CCNC(=NCCC(=O)N(CC)CC)N(C)Cc1ccccc1.I. The second-order valence-corrected chi connectivity index (χ2v) is 5.39. The molecule has 6 heteroatoms. The van der Waals surface area contributed by atoms with E-state index in [1.54, 1.807) is 0 Å². The minimum absolute atomic E-state index is 0. The number of halogens is 1. The Kier molecular flexibility index (Phi) is 12.3. The fourth-order valence-electron chi connectivity index (χ4n) is 2.39. The van der Waals surface area contributed by atoms with Crippen LogP contribution in [0.3, 0.4) is 0 Å². The number of hydrogen-bond donors (Lipinski definition) is 1. The molecule has 0 aliphatic rings. The second kappa shape index (κ2) is 13.0. The van der Waals surface area contributed by atoms with Crippen molar-refractivity contribution < 1.29 is 4.79 Å². The summed E-state index contributed by atoms with van der Waals surface area (Å²) in [7, 11) is 2.01. The molecule has 1 aromatic carbocycles. The smallest absolute Gasteiger partial charge is 0.224 e. The Labute approximate surface area is 163 Å². The number of carbonyl (C=O) groups excluding carboxylic acids is 1. The van der Waals surface area contributed by atoms with Crippen LogP contribution in [-0.2, 0) is 11.3 Å². The zero-order chi connectivity index (χ0) is 17.1.